The molecule has 0 saturated carbocycles. The number of nitrogens with one attached hydrogen (secondary N) is 2. The number of carboxylic acids is 1. The number of carbonyl (C=O) groups is 2. The highest BCUT2D eigenvalue weighted by Crippen LogP contribution is 2.49. The van der Waals surface area contributed by atoms with Crippen LogP contribution in [0.3, 0.4) is 0 Å². The molecule has 2 amide bonds. The average Bonchev–Trinajstić information content (AvgIpc) is 2.81. The van der Waals surface area contributed by atoms with Gasteiger partial charge in [0.1, 0.15) is 0 Å². The van der Waals surface area contributed by atoms with Crippen molar-refractivity contribution in [2.24, 2.45) is 5.41 Å². The zero-order chi connectivity index (χ0) is 23.4. The van der Waals surface area contributed by atoms with Crippen LogP contribution in [0.15, 0.2) is 72.8 Å². The van der Waals surface area contributed by atoms with Gasteiger partial charge in [-0.1, -0.05) is 55.5 Å². The number of hydrogen-bond donors (Lipinski definition) is 4. The van der Waals surface area contributed by atoms with Gasteiger partial charge < -0.3 is 20.8 Å². The summed E-state index contributed by atoms with van der Waals surface area (Å²) in [6, 6.07) is 22.5. The number of urea groups is 1. The third kappa shape index (κ3) is 4.91. The lowest BCUT2D eigenvalue weighted by Gasteiger charge is -2.41. The van der Waals surface area contributed by atoms with E-state index in [1.165, 1.54) is 0 Å². The number of fused-ring (bicyclic) bond motifs is 1. The van der Waals surface area contributed by atoms with Crippen molar-refractivity contribution in [3.05, 3.63) is 83.9 Å². The number of para-hydroxylation sites is 1. The summed E-state index contributed by atoms with van der Waals surface area (Å²) in [5.74, 6) is -0.873. The first-order valence-electron chi connectivity index (χ1n) is 11.2. The standard InChI is InChI=1S/C27H28N2O4/c1-2-27(17-24(30)31)15-14-20-16-19(10-13-23(20)25(27)32)18-8-11-22(12-9-18)29-26(33)28-21-6-4-3-5-7-21/h3-13,16,25,32H,2,14-15,17H2,1H3,(H,30,31)(H2,28,29,33). The molecule has 6 nitrogen and oxygen atoms in total. The Morgan fingerprint density at radius 3 is 2.21 bits per heavy atom. The summed E-state index contributed by atoms with van der Waals surface area (Å²) in [7, 11) is 0. The predicted molar refractivity (Wildman–Crippen MR) is 129 cm³/mol. The molecule has 4 rings (SSSR count). The number of benzene rings is 3. The largest absolute Gasteiger partial charge is 0.481 e. The molecule has 2 unspecified atom stereocenters. The summed E-state index contributed by atoms with van der Waals surface area (Å²) in [5, 5.41) is 25.9. The quantitative estimate of drug-likeness (QED) is 0.383. The minimum absolute atomic E-state index is 0.0296. The smallest absolute Gasteiger partial charge is 0.323 e. The molecule has 0 heterocycles. The van der Waals surface area contributed by atoms with E-state index in [2.05, 4.69) is 16.7 Å². The minimum atomic E-state index is -0.873. The van der Waals surface area contributed by atoms with Gasteiger partial charge in [-0.3, -0.25) is 4.79 Å². The molecule has 1 aliphatic rings. The second-order valence-corrected chi connectivity index (χ2v) is 8.63. The number of hydrogen-bond acceptors (Lipinski definition) is 3. The molecule has 0 aromatic heterocycles. The van der Waals surface area contributed by atoms with Gasteiger partial charge in [0, 0.05) is 16.8 Å². The molecule has 0 radical (unpaired) electrons. The van der Waals surface area contributed by atoms with E-state index >= 15 is 0 Å². The van der Waals surface area contributed by atoms with E-state index in [0.29, 0.717) is 18.5 Å². The number of carbonyl (C=O) groups excluding carboxylic acids is 1. The molecule has 0 fully saturated rings. The number of aliphatic hydroxyl groups is 1. The lowest BCUT2D eigenvalue weighted by atomic mass is 9.65. The second-order valence-electron chi connectivity index (χ2n) is 8.63. The number of aliphatic carboxylic acids is 1. The van der Waals surface area contributed by atoms with E-state index in [0.717, 1.165) is 34.4 Å². The van der Waals surface area contributed by atoms with Gasteiger partial charge in [-0.25, -0.2) is 4.79 Å². The Kier molecular flexibility index (Phi) is 6.47. The maximum absolute atomic E-state index is 12.2. The van der Waals surface area contributed by atoms with Crippen molar-refractivity contribution >= 4 is 23.4 Å². The molecular weight excluding hydrogens is 416 g/mol. The zero-order valence-corrected chi connectivity index (χ0v) is 18.5. The molecular formula is C27H28N2O4. The fraction of sp³-hybridized carbons (Fsp3) is 0.259. The summed E-state index contributed by atoms with van der Waals surface area (Å²) in [4.78, 5) is 23.6. The SMILES string of the molecule is CCC1(CC(=O)O)CCc2cc(-c3ccc(NC(=O)Nc4ccccc4)cc3)ccc2C1O. The van der Waals surface area contributed by atoms with E-state index in [4.69, 9.17) is 0 Å². The van der Waals surface area contributed by atoms with Gasteiger partial charge in [0.05, 0.1) is 12.5 Å². The fourth-order valence-corrected chi connectivity index (χ4v) is 4.66. The molecule has 3 aromatic carbocycles. The number of aryl methyl sites for hydroxylation is 1. The predicted octanol–water partition coefficient (Wildman–Crippen LogP) is 5.85. The van der Waals surface area contributed by atoms with Crippen LogP contribution in [0.4, 0.5) is 16.2 Å². The lowest BCUT2D eigenvalue weighted by Crippen LogP contribution is -2.35. The van der Waals surface area contributed by atoms with E-state index in [1.807, 2.05) is 73.7 Å². The average molecular weight is 445 g/mol. The third-order valence-corrected chi connectivity index (χ3v) is 6.63. The Morgan fingerprint density at radius 1 is 0.939 bits per heavy atom. The van der Waals surface area contributed by atoms with E-state index in [1.54, 1.807) is 0 Å². The van der Waals surface area contributed by atoms with Crippen LogP contribution in [-0.4, -0.2) is 22.2 Å². The normalized spacial score (nSPS) is 19.4. The summed E-state index contributed by atoms with van der Waals surface area (Å²) in [5.41, 5.74) is 4.68. The molecule has 0 saturated heterocycles. The van der Waals surface area contributed by atoms with Crippen molar-refractivity contribution in [2.45, 2.75) is 38.7 Å². The molecule has 4 N–H and O–H groups in total. The van der Waals surface area contributed by atoms with Crippen molar-refractivity contribution in [3.63, 3.8) is 0 Å². The second kappa shape index (κ2) is 9.46. The highest BCUT2D eigenvalue weighted by Gasteiger charge is 2.42. The molecule has 1 aliphatic carbocycles. The molecule has 170 valence electrons. The Labute approximate surface area is 193 Å². The topological polar surface area (TPSA) is 98.7 Å². The molecule has 6 heteroatoms. The summed E-state index contributed by atoms with van der Waals surface area (Å²) >= 11 is 0. The highest BCUT2D eigenvalue weighted by molar-refractivity contribution is 5.99. The van der Waals surface area contributed by atoms with Gasteiger partial charge in [-0.15, -0.1) is 0 Å². The van der Waals surface area contributed by atoms with Crippen molar-refractivity contribution < 1.29 is 19.8 Å². The molecule has 33 heavy (non-hydrogen) atoms. The molecule has 2 atom stereocenters. The van der Waals surface area contributed by atoms with Gasteiger partial charge in [0.2, 0.25) is 0 Å². The van der Waals surface area contributed by atoms with Crippen molar-refractivity contribution in [3.8, 4) is 11.1 Å². The number of carboxylic acid groups (broad SMARTS) is 1. The van der Waals surface area contributed by atoms with E-state index in [-0.39, 0.29) is 12.5 Å². The Balaban J connectivity index is 1.47. The number of anilines is 2. The van der Waals surface area contributed by atoms with Crippen LogP contribution in [0.1, 0.15) is 43.4 Å². The number of aliphatic hydroxyl groups excluding tert-OH is 1. The van der Waals surface area contributed by atoms with Crippen LogP contribution >= 0.6 is 0 Å². The molecule has 0 spiro atoms. The summed E-state index contributed by atoms with van der Waals surface area (Å²) in [6.45, 7) is 1.95. The monoisotopic (exact) mass is 444 g/mol. The Hall–Kier alpha value is -3.64. The van der Waals surface area contributed by atoms with E-state index < -0.39 is 17.5 Å². The van der Waals surface area contributed by atoms with Gasteiger partial charge in [-0.05, 0) is 65.8 Å². The molecule has 0 bridgehead atoms. The van der Waals surface area contributed by atoms with Crippen molar-refractivity contribution in [1.29, 1.82) is 0 Å². The van der Waals surface area contributed by atoms with Crippen LogP contribution in [0, 0.1) is 5.41 Å². The van der Waals surface area contributed by atoms with Crippen LogP contribution in [0.5, 0.6) is 0 Å². The first-order chi connectivity index (χ1) is 15.9. The van der Waals surface area contributed by atoms with Gasteiger partial charge >= 0.3 is 12.0 Å². The molecule has 3 aromatic rings. The fourth-order valence-electron chi connectivity index (χ4n) is 4.66. The maximum Gasteiger partial charge on any atom is 0.323 e. The van der Waals surface area contributed by atoms with Crippen LogP contribution in [-0.2, 0) is 11.2 Å². The van der Waals surface area contributed by atoms with Crippen LogP contribution in [0.25, 0.3) is 11.1 Å². The maximum atomic E-state index is 12.2. The zero-order valence-electron chi connectivity index (χ0n) is 18.5. The minimum Gasteiger partial charge on any atom is -0.481 e. The third-order valence-electron chi connectivity index (χ3n) is 6.63. The first kappa shape index (κ1) is 22.6. The van der Waals surface area contributed by atoms with Crippen LogP contribution in [0.2, 0.25) is 0 Å². The van der Waals surface area contributed by atoms with Gasteiger partial charge in [0.15, 0.2) is 0 Å². The first-order valence-corrected chi connectivity index (χ1v) is 11.2. The number of amides is 2. The van der Waals surface area contributed by atoms with Crippen LogP contribution < -0.4 is 10.6 Å². The Bertz CT molecular complexity index is 1140. The van der Waals surface area contributed by atoms with E-state index in [9.17, 15) is 19.8 Å². The van der Waals surface area contributed by atoms with Gasteiger partial charge in [-0.2, -0.15) is 0 Å². The van der Waals surface area contributed by atoms with Gasteiger partial charge in [0.25, 0.3) is 0 Å². The molecule has 0 aliphatic heterocycles. The Morgan fingerprint density at radius 2 is 1.58 bits per heavy atom. The van der Waals surface area contributed by atoms with Crippen molar-refractivity contribution in [1.82, 2.24) is 0 Å². The highest BCUT2D eigenvalue weighted by atomic mass is 16.4. The summed E-state index contributed by atoms with van der Waals surface area (Å²) < 4.78 is 0. The lowest BCUT2D eigenvalue weighted by molar-refractivity contribution is -0.143. The summed E-state index contributed by atoms with van der Waals surface area (Å²) in [6.07, 6.45) is 1.19. The van der Waals surface area contributed by atoms with Crippen molar-refractivity contribution in [2.75, 3.05) is 10.6 Å². The number of rotatable bonds is 6.